The van der Waals surface area contributed by atoms with Gasteiger partial charge in [0.2, 0.25) is 5.91 Å². The van der Waals surface area contributed by atoms with Crippen molar-refractivity contribution in [2.75, 3.05) is 13.1 Å². The Morgan fingerprint density at radius 2 is 1.82 bits per heavy atom. The Labute approximate surface area is 128 Å². The van der Waals surface area contributed by atoms with Crippen molar-refractivity contribution in [2.24, 2.45) is 11.7 Å². The molecule has 0 spiro atoms. The van der Waals surface area contributed by atoms with E-state index >= 15 is 0 Å². The van der Waals surface area contributed by atoms with Crippen molar-refractivity contribution in [3.63, 3.8) is 0 Å². The summed E-state index contributed by atoms with van der Waals surface area (Å²) in [6.07, 6.45) is 2.93. The van der Waals surface area contributed by atoms with Crippen LogP contribution < -0.4 is 5.73 Å². The zero-order valence-electron chi connectivity index (χ0n) is 12.7. The van der Waals surface area contributed by atoms with Crippen LogP contribution in [0.4, 0.5) is 8.78 Å². The molecule has 1 saturated carbocycles. The highest BCUT2D eigenvalue weighted by molar-refractivity contribution is 5.85. The van der Waals surface area contributed by atoms with Gasteiger partial charge in [-0.3, -0.25) is 9.59 Å². The first kappa shape index (κ1) is 17.1. The van der Waals surface area contributed by atoms with Crippen molar-refractivity contribution in [2.45, 2.75) is 62.9 Å². The maximum atomic E-state index is 14.4. The molecule has 1 aliphatic carbocycles. The second kappa shape index (κ2) is 6.48. The van der Waals surface area contributed by atoms with Crippen molar-refractivity contribution >= 4 is 11.8 Å². The summed E-state index contributed by atoms with van der Waals surface area (Å²) in [6.45, 7) is 0.419. The fourth-order valence-electron chi connectivity index (χ4n) is 3.53. The molecule has 1 saturated heterocycles. The number of primary amides is 1. The fraction of sp³-hybridized carbons (Fsp3) is 0.867. The third-order valence-corrected chi connectivity index (χ3v) is 4.91. The average molecular weight is 318 g/mol. The third kappa shape index (κ3) is 3.39. The molecule has 0 radical (unpaired) electrons. The van der Waals surface area contributed by atoms with Gasteiger partial charge in [-0.1, -0.05) is 12.8 Å². The molecule has 1 aliphatic heterocycles. The van der Waals surface area contributed by atoms with Crippen molar-refractivity contribution in [3.05, 3.63) is 0 Å². The van der Waals surface area contributed by atoms with E-state index < -0.39 is 23.3 Å². The van der Waals surface area contributed by atoms with Gasteiger partial charge < -0.3 is 15.7 Å². The highest BCUT2D eigenvalue weighted by Gasteiger charge is 2.60. The summed E-state index contributed by atoms with van der Waals surface area (Å²) in [5, 5.41) is 10.1. The monoisotopic (exact) mass is 318 g/mol. The Morgan fingerprint density at radius 1 is 1.18 bits per heavy atom. The number of nitrogens with zero attached hydrogens (tertiary/aromatic N) is 1. The van der Waals surface area contributed by atoms with E-state index in [0.717, 1.165) is 4.90 Å². The minimum absolute atomic E-state index is 0.0378. The number of hydrogen-bond donors (Lipinski definition) is 2. The number of halogens is 2. The van der Waals surface area contributed by atoms with Gasteiger partial charge in [0.05, 0.1) is 0 Å². The predicted octanol–water partition coefficient (Wildman–Crippen LogP) is 1.43. The minimum Gasteiger partial charge on any atom is -0.383 e. The maximum Gasteiger partial charge on any atom is 0.352 e. The van der Waals surface area contributed by atoms with Crippen molar-refractivity contribution in [1.29, 1.82) is 0 Å². The van der Waals surface area contributed by atoms with Crippen LogP contribution in [0.1, 0.15) is 51.4 Å². The number of amides is 2. The van der Waals surface area contributed by atoms with Crippen molar-refractivity contribution in [1.82, 2.24) is 4.90 Å². The summed E-state index contributed by atoms with van der Waals surface area (Å²) in [6, 6.07) is 0. The number of likely N-dealkylation sites (tertiary alicyclic amines) is 1. The Morgan fingerprint density at radius 3 is 2.41 bits per heavy atom. The van der Waals surface area contributed by atoms with Gasteiger partial charge in [-0.15, -0.1) is 0 Å². The summed E-state index contributed by atoms with van der Waals surface area (Å²) in [5.41, 5.74) is 2.96. The summed E-state index contributed by atoms with van der Waals surface area (Å²) in [7, 11) is 0. The zero-order chi connectivity index (χ0) is 16.4. The molecule has 0 aromatic heterocycles. The van der Waals surface area contributed by atoms with E-state index in [-0.39, 0.29) is 38.3 Å². The van der Waals surface area contributed by atoms with Crippen LogP contribution in [0.3, 0.4) is 0 Å². The number of aliphatic hydroxyl groups is 1. The highest BCUT2D eigenvalue weighted by Crippen LogP contribution is 2.43. The summed E-state index contributed by atoms with van der Waals surface area (Å²) < 4.78 is 28.8. The standard InChI is InChI=1S/C15H24F2N2O3/c16-15(17,14(22)6-1-2-7-14)13(21)19-8-3-4-11(5-9-19)10-12(18)20/h11,22H,1-10H2,(H2,18,20). The fourth-order valence-corrected chi connectivity index (χ4v) is 3.53. The van der Waals surface area contributed by atoms with E-state index in [1.807, 2.05) is 0 Å². The first-order valence-electron chi connectivity index (χ1n) is 7.94. The summed E-state index contributed by atoms with van der Waals surface area (Å²) in [5.74, 6) is -5.39. The molecule has 1 atom stereocenters. The van der Waals surface area contributed by atoms with Crippen LogP contribution in [-0.2, 0) is 9.59 Å². The normalized spacial score (nSPS) is 25.8. The molecule has 22 heavy (non-hydrogen) atoms. The lowest BCUT2D eigenvalue weighted by molar-refractivity contribution is -0.200. The lowest BCUT2D eigenvalue weighted by Crippen LogP contribution is -2.57. The number of nitrogens with two attached hydrogens (primary N) is 1. The van der Waals surface area contributed by atoms with Gasteiger partial charge >= 0.3 is 5.92 Å². The minimum atomic E-state index is -3.74. The molecule has 0 aromatic rings. The predicted molar refractivity (Wildman–Crippen MR) is 76.1 cm³/mol. The molecule has 2 rings (SSSR count). The smallest absolute Gasteiger partial charge is 0.352 e. The molecule has 1 unspecified atom stereocenters. The lowest BCUT2D eigenvalue weighted by Gasteiger charge is -2.34. The molecular formula is C15H24F2N2O3. The molecule has 1 heterocycles. The van der Waals surface area contributed by atoms with Crippen LogP contribution in [-0.4, -0.2) is 46.4 Å². The van der Waals surface area contributed by atoms with E-state index in [4.69, 9.17) is 5.73 Å². The van der Waals surface area contributed by atoms with Gasteiger partial charge in [0.15, 0.2) is 0 Å². The number of hydrogen-bond acceptors (Lipinski definition) is 3. The molecule has 2 amide bonds. The number of rotatable bonds is 4. The third-order valence-electron chi connectivity index (χ3n) is 4.91. The first-order valence-corrected chi connectivity index (χ1v) is 7.94. The largest absolute Gasteiger partial charge is 0.383 e. The average Bonchev–Trinajstić information content (AvgIpc) is 2.77. The van der Waals surface area contributed by atoms with Crippen LogP contribution in [0.15, 0.2) is 0 Å². The molecule has 126 valence electrons. The molecule has 2 fully saturated rings. The molecule has 7 heteroatoms. The van der Waals surface area contributed by atoms with E-state index in [9.17, 15) is 23.5 Å². The molecule has 3 N–H and O–H groups in total. The van der Waals surface area contributed by atoms with Gasteiger partial charge in [0, 0.05) is 19.5 Å². The Kier molecular flexibility index (Phi) is 5.04. The van der Waals surface area contributed by atoms with Gasteiger partial charge in [0.1, 0.15) is 5.60 Å². The van der Waals surface area contributed by atoms with E-state index in [1.54, 1.807) is 0 Å². The van der Waals surface area contributed by atoms with Crippen molar-refractivity contribution in [3.8, 4) is 0 Å². The number of carbonyl (C=O) groups is 2. The Balaban J connectivity index is 2.01. The molecule has 0 aromatic carbocycles. The van der Waals surface area contributed by atoms with Crippen LogP contribution in [0.5, 0.6) is 0 Å². The van der Waals surface area contributed by atoms with E-state index in [2.05, 4.69) is 0 Å². The van der Waals surface area contributed by atoms with E-state index in [1.165, 1.54) is 0 Å². The van der Waals surface area contributed by atoms with Crippen LogP contribution in [0, 0.1) is 5.92 Å². The van der Waals surface area contributed by atoms with Gasteiger partial charge in [-0.05, 0) is 38.0 Å². The topological polar surface area (TPSA) is 83.6 Å². The highest BCUT2D eigenvalue weighted by atomic mass is 19.3. The van der Waals surface area contributed by atoms with Crippen molar-refractivity contribution < 1.29 is 23.5 Å². The summed E-state index contributed by atoms with van der Waals surface area (Å²) in [4.78, 5) is 24.3. The SMILES string of the molecule is NC(=O)CC1CCCN(C(=O)C(F)(F)C2(O)CCCC2)CC1. The first-order chi connectivity index (χ1) is 10.3. The van der Waals surface area contributed by atoms with Crippen LogP contribution in [0.2, 0.25) is 0 Å². The van der Waals surface area contributed by atoms with Gasteiger partial charge in [-0.2, -0.15) is 8.78 Å². The maximum absolute atomic E-state index is 14.4. The molecular weight excluding hydrogens is 294 g/mol. The van der Waals surface area contributed by atoms with Gasteiger partial charge in [-0.25, -0.2) is 0 Å². The Hall–Kier alpha value is -1.24. The number of alkyl halides is 2. The quantitative estimate of drug-likeness (QED) is 0.822. The van der Waals surface area contributed by atoms with E-state index in [0.29, 0.717) is 32.1 Å². The van der Waals surface area contributed by atoms with Crippen LogP contribution in [0.25, 0.3) is 0 Å². The van der Waals surface area contributed by atoms with Crippen LogP contribution >= 0.6 is 0 Å². The summed E-state index contributed by atoms with van der Waals surface area (Å²) >= 11 is 0. The molecule has 2 aliphatic rings. The zero-order valence-corrected chi connectivity index (χ0v) is 12.7. The molecule has 5 nitrogen and oxygen atoms in total. The molecule has 0 bridgehead atoms. The lowest BCUT2D eigenvalue weighted by atomic mass is 9.92. The number of carbonyl (C=O) groups excluding carboxylic acids is 2. The second-order valence-corrected chi connectivity index (χ2v) is 6.57. The van der Waals surface area contributed by atoms with Gasteiger partial charge in [0.25, 0.3) is 5.91 Å². The second-order valence-electron chi connectivity index (χ2n) is 6.57. The Bertz CT molecular complexity index is 437.